The van der Waals surface area contributed by atoms with Gasteiger partial charge >= 0.3 is 0 Å². The maximum absolute atomic E-state index is 12.6. The van der Waals surface area contributed by atoms with Crippen LogP contribution in [0.25, 0.3) is 0 Å². The summed E-state index contributed by atoms with van der Waals surface area (Å²) in [5, 5.41) is 3.32. The van der Waals surface area contributed by atoms with Crippen LogP contribution in [0.4, 0.5) is 5.69 Å². The molecule has 1 aromatic carbocycles. The lowest BCUT2D eigenvalue weighted by Gasteiger charge is -2.34. The lowest BCUT2D eigenvalue weighted by Crippen LogP contribution is -2.53. The maximum atomic E-state index is 12.6. The summed E-state index contributed by atoms with van der Waals surface area (Å²) in [4.78, 5) is 16.8. The minimum absolute atomic E-state index is 0. The largest absolute Gasteiger partial charge is 0.314 e. The lowest BCUT2D eigenvalue weighted by atomic mass is 10.2. The molecule has 0 bridgehead atoms. The van der Waals surface area contributed by atoms with Crippen molar-refractivity contribution >= 4 is 36.4 Å². The smallest absolute Gasteiger partial charge is 0.244 e. The normalized spacial score (nSPS) is 16.3. The van der Waals surface area contributed by atoms with Crippen molar-refractivity contribution in [3.8, 4) is 0 Å². The third-order valence-electron chi connectivity index (χ3n) is 3.71. The highest BCUT2D eigenvalue weighted by Crippen LogP contribution is 2.16. The second-order valence-electron chi connectivity index (χ2n) is 4.88. The fraction of sp³-hybridized carbons (Fsp3) is 0.533. The number of amides is 1. The zero-order chi connectivity index (χ0) is 13.7. The van der Waals surface area contributed by atoms with Crippen LogP contribution >= 0.6 is 24.8 Å². The molecule has 0 radical (unpaired) electrons. The number of para-hydroxylation sites is 1. The third-order valence-corrected chi connectivity index (χ3v) is 3.71. The molecule has 1 saturated heterocycles. The standard InChI is InChI=1S/C15H23N3O.2ClH/c1-3-18(14-7-5-4-6-8-14)15(19)13(2)17-11-9-16-10-12-17;;/h4-8,13,16H,3,9-12H2,1-2H3;2*1H. The first-order chi connectivity index (χ1) is 9.24. The van der Waals surface area contributed by atoms with Gasteiger partial charge in [-0.1, -0.05) is 18.2 Å². The van der Waals surface area contributed by atoms with E-state index in [9.17, 15) is 4.79 Å². The molecule has 120 valence electrons. The van der Waals surface area contributed by atoms with Crippen LogP contribution in [0.1, 0.15) is 13.8 Å². The van der Waals surface area contributed by atoms with Gasteiger partial charge < -0.3 is 10.2 Å². The first-order valence-corrected chi connectivity index (χ1v) is 7.05. The molecule has 1 aromatic rings. The van der Waals surface area contributed by atoms with Crippen LogP contribution in [0.5, 0.6) is 0 Å². The van der Waals surface area contributed by atoms with Crippen molar-refractivity contribution in [1.82, 2.24) is 10.2 Å². The zero-order valence-electron chi connectivity index (χ0n) is 12.6. The molecule has 2 rings (SSSR count). The van der Waals surface area contributed by atoms with E-state index in [-0.39, 0.29) is 36.8 Å². The van der Waals surface area contributed by atoms with Crippen LogP contribution < -0.4 is 10.2 Å². The molecule has 1 heterocycles. The molecule has 4 nitrogen and oxygen atoms in total. The summed E-state index contributed by atoms with van der Waals surface area (Å²) >= 11 is 0. The number of piperazine rings is 1. The van der Waals surface area contributed by atoms with Crippen molar-refractivity contribution in [3.05, 3.63) is 30.3 Å². The molecule has 1 amide bonds. The number of rotatable bonds is 4. The number of anilines is 1. The van der Waals surface area contributed by atoms with Crippen molar-refractivity contribution in [2.45, 2.75) is 19.9 Å². The molecule has 21 heavy (non-hydrogen) atoms. The van der Waals surface area contributed by atoms with Gasteiger partial charge in [0.05, 0.1) is 6.04 Å². The third kappa shape index (κ3) is 5.15. The number of carbonyl (C=O) groups excluding carboxylic acids is 1. The predicted molar refractivity (Wildman–Crippen MR) is 92.9 cm³/mol. The molecule has 0 saturated carbocycles. The Morgan fingerprint density at radius 1 is 1.24 bits per heavy atom. The summed E-state index contributed by atoms with van der Waals surface area (Å²) in [6, 6.07) is 9.85. The van der Waals surface area contributed by atoms with E-state index in [0.717, 1.165) is 31.9 Å². The molecule has 1 atom stereocenters. The Hall–Kier alpha value is -0.810. The summed E-state index contributed by atoms with van der Waals surface area (Å²) < 4.78 is 0. The second-order valence-corrected chi connectivity index (χ2v) is 4.88. The Morgan fingerprint density at radius 3 is 2.33 bits per heavy atom. The van der Waals surface area contributed by atoms with Crippen LogP contribution in [0.15, 0.2) is 30.3 Å². The van der Waals surface area contributed by atoms with Gasteiger partial charge in [0.25, 0.3) is 0 Å². The van der Waals surface area contributed by atoms with E-state index in [4.69, 9.17) is 0 Å². The van der Waals surface area contributed by atoms with E-state index in [1.807, 2.05) is 49.1 Å². The molecule has 0 aliphatic carbocycles. The molecular formula is C15H25Cl2N3O. The SMILES string of the molecule is CCN(C(=O)C(C)N1CCNCC1)c1ccccc1.Cl.Cl. The van der Waals surface area contributed by atoms with Gasteiger partial charge in [0.2, 0.25) is 5.91 Å². The number of benzene rings is 1. The van der Waals surface area contributed by atoms with Gasteiger partial charge in [-0.15, -0.1) is 24.8 Å². The summed E-state index contributed by atoms with van der Waals surface area (Å²) in [7, 11) is 0. The molecule has 6 heteroatoms. The minimum atomic E-state index is -0.0535. The highest BCUT2D eigenvalue weighted by atomic mass is 35.5. The first kappa shape index (κ1) is 20.2. The molecule has 1 aliphatic heterocycles. The van der Waals surface area contributed by atoms with Gasteiger partial charge in [-0.3, -0.25) is 9.69 Å². The summed E-state index contributed by atoms with van der Waals surface area (Å²) in [6.07, 6.45) is 0. The molecule has 1 N–H and O–H groups in total. The number of hydrogen-bond acceptors (Lipinski definition) is 3. The summed E-state index contributed by atoms with van der Waals surface area (Å²) in [6.45, 7) is 8.57. The van der Waals surface area contributed by atoms with Crippen LogP contribution in [0.2, 0.25) is 0 Å². The van der Waals surface area contributed by atoms with Gasteiger partial charge in [-0.25, -0.2) is 0 Å². The van der Waals surface area contributed by atoms with Crippen molar-refractivity contribution in [3.63, 3.8) is 0 Å². The highest BCUT2D eigenvalue weighted by molar-refractivity contribution is 5.96. The van der Waals surface area contributed by atoms with Gasteiger partial charge in [-0.05, 0) is 26.0 Å². The van der Waals surface area contributed by atoms with E-state index < -0.39 is 0 Å². The number of nitrogens with one attached hydrogen (secondary N) is 1. The minimum Gasteiger partial charge on any atom is -0.314 e. The average Bonchev–Trinajstić information content (AvgIpc) is 2.49. The maximum Gasteiger partial charge on any atom is 0.244 e. The van der Waals surface area contributed by atoms with E-state index in [1.54, 1.807) is 0 Å². The topological polar surface area (TPSA) is 35.6 Å². The molecule has 0 aromatic heterocycles. The summed E-state index contributed by atoms with van der Waals surface area (Å²) in [5.74, 6) is 0.190. The van der Waals surface area contributed by atoms with Gasteiger partial charge in [-0.2, -0.15) is 0 Å². The van der Waals surface area contributed by atoms with Crippen molar-refractivity contribution in [2.75, 3.05) is 37.6 Å². The Morgan fingerprint density at radius 2 is 1.81 bits per heavy atom. The van der Waals surface area contributed by atoms with Crippen molar-refractivity contribution in [2.24, 2.45) is 0 Å². The quantitative estimate of drug-likeness (QED) is 0.917. The second kappa shape index (κ2) is 10.0. The molecular weight excluding hydrogens is 309 g/mol. The zero-order valence-corrected chi connectivity index (χ0v) is 14.3. The Balaban J connectivity index is 0.00000200. The van der Waals surface area contributed by atoms with Crippen LogP contribution in [0.3, 0.4) is 0 Å². The van der Waals surface area contributed by atoms with Crippen LogP contribution in [-0.2, 0) is 4.79 Å². The molecule has 1 aliphatic rings. The fourth-order valence-electron chi connectivity index (χ4n) is 2.52. The van der Waals surface area contributed by atoms with Gasteiger partial charge in [0.1, 0.15) is 0 Å². The molecule has 0 spiro atoms. The summed E-state index contributed by atoms with van der Waals surface area (Å²) in [5.41, 5.74) is 0.983. The number of hydrogen-bond donors (Lipinski definition) is 1. The van der Waals surface area contributed by atoms with E-state index in [2.05, 4.69) is 10.2 Å². The Labute approximate surface area is 139 Å². The number of likely N-dealkylation sites (N-methyl/N-ethyl adjacent to an activating group) is 1. The predicted octanol–water partition coefficient (Wildman–Crippen LogP) is 2.18. The van der Waals surface area contributed by atoms with Crippen LogP contribution in [0, 0.1) is 0 Å². The number of carbonyl (C=O) groups is 1. The first-order valence-electron chi connectivity index (χ1n) is 7.05. The molecule has 1 fully saturated rings. The van der Waals surface area contributed by atoms with Gasteiger partial charge in [0, 0.05) is 38.4 Å². The number of halogens is 2. The van der Waals surface area contributed by atoms with Crippen molar-refractivity contribution < 1.29 is 4.79 Å². The molecule has 1 unspecified atom stereocenters. The Kier molecular flexibility index (Phi) is 9.62. The Bertz CT molecular complexity index is 411. The van der Waals surface area contributed by atoms with E-state index >= 15 is 0 Å². The fourth-order valence-corrected chi connectivity index (χ4v) is 2.52. The lowest BCUT2D eigenvalue weighted by molar-refractivity contribution is -0.123. The average molecular weight is 334 g/mol. The van der Waals surface area contributed by atoms with Gasteiger partial charge in [0.15, 0.2) is 0 Å². The van der Waals surface area contributed by atoms with Crippen LogP contribution in [-0.4, -0.2) is 49.6 Å². The number of nitrogens with zero attached hydrogens (tertiary/aromatic N) is 2. The van der Waals surface area contributed by atoms with E-state index in [0.29, 0.717) is 6.54 Å². The van der Waals surface area contributed by atoms with Crippen molar-refractivity contribution in [1.29, 1.82) is 0 Å². The van der Waals surface area contributed by atoms with E-state index in [1.165, 1.54) is 0 Å². The monoisotopic (exact) mass is 333 g/mol. The highest BCUT2D eigenvalue weighted by Gasteiger charge is 2.26.